The van der Waals surface area contributed by atoms with Gasteiger partial charge in [0.1, 0.15) is 23.9 Å². The number of nitrogens with zero attached hydrogens (tertiary/aromatic N) is 2. The van der Waals surface area contributed by atoms with E-state index in [0.29, 0.717) is 47.4 Å². The molecule has 0 bridgehead atoms. The summed E-state index contributed by atoms with van der Waals surface area (Å²) in [6.45, 7) is 9.38. The van der Waals surface area contributed by atoms with Gasteiger partial charge in [-0.2, -0.15) is 0 Å². The average molecular weight is 527 g/mol. The summed E-state index contributed by atoms with van der Waals surface area (Å²) in [6.07, 6.45) is 0.00655. The first-order chi connectivity index (χ1) is 18.7. The highest BCUT2D eigenvalue weighted by molar-refractivity contribution is 6.51. The summed E-state index contributed by atoms with van der Waals surface area (Å²) >= 11 is 0. The molecule has 2 aliphatic heterocycles. The SMILES string of the molecule is CC(C)Oc1ccc(C2/C(=C(/O)c3ccc4c(c3)N(C)CCO4)C(=O)C(=O)N2c2ccc(C(C)C)cc2)cc1. The molecule has 1 fully saturated rings. The Bertz CT molecular complexity index is 1420. The lowest BCUT2D eigenvalue weighted by atomic mass is 9.94. The molecule has 2 heterocycles. The number of rotatable bonds is 6. The van der Waals surface area contributed by atoms with Crippen molar-refractivity contribution in [3.63, 3.8) is 0 Å². The second-order valence-corrected chi connectivity index (χ2v) is 10.6. The van der Waals surface area contributed by atoms with Crippen LogP contribution in [0.1, 0.15) is 56.3 Å². The molecule has 1 amide bonds. The molecule has 3 aromatic rings. The molecule has 1 N–H and O–H groups in total. The van der Waals surface area contributed by atoms with Crippen LogP contribution in [0.25, 0.3) is 5.76 Å². The predicted molar refractivity (Wildman–Crippen MR) is 153 cm³/mol. The van der Waals surface area contributed by atoms with Gasteiger partial charge >= 0.3 is 0 Å². The van der Waals surface area contributed by atoms with Gasteiger partial charge in [-0.1, -0.05) is 38.1 Å². The summed E-state index contributed by atoms with van der Waals surface area (Å²) in [7, 11) is 1.95. The van der Waals surface area contributed by atoms with Gasteiger partial charge in [-0.15, -0.1) is 0 Å². The fraction of sp³-hybridized carbons (Fsp3) is 0.312. The molecule has 0 saturated carbocycles. The van der Waals surface area contributed by atoms with Gasteiger partial charge in [0, 0.05) is 18.3 Å². The summed E-state index contributed by atoms with van der Waals surface area (Å²) in [5.74, 6) is 0.0943. The van der Waals surface area contributed by atoms with Crippen LogP contribution in [0.2, 0.25) is 0 Å². The molecule has 0 aromatic heterocycles. The first-order valence-electron chi connectivity index (χ1n) is 13.3. The highest BCUT2D eigenvalue weighted by Gasteiger charge is 2.47. The van der Waals surface area contributed by atoms with Crippen molar-refractivity contribution >= 4 is 28.8 Å². The molecule has 1 unspecified atom stereocenters. The molecule has 7 nitrogen and oxygen atoms in total. The van der Waals surface area contributed by atoms with Crippen molar-refractivity contribution in [2.45, 2.75) is 45.8 Å². The molecule has 2 aliphatic rings. The Hall–Kier alpha value is -4.26. The Labute approximate surface area is 229 Å². The van der Waals surface area contributed by atoms with Crippen molar-refractivity contribution in [1.82, 2.24) is 0 Å². The van der Waals surface area contributed by atoms with Crippen molar-refractivity contribution in [2.75, 3.05) is 30.0 Å². The number of anilines is 2. The van der Waals surface area contributed by atoms with Crippen LogP contribution in [0, 0.1) is 0 Å². The number of ketones is 1. The molecule has 1 atom stereocenters. The van der Waals surface area contributed by atoms with Crippen LogP contribution < -0.4 is 19.3 Å². The van der Waals surface area contributed by atoms with Gasteiger partial charge in [0.15, 0.2) is 0 Å². The Morgan fingerprint density at radius 2 is 1.67 bits per heavy atom. The van der Waals surface area contributed by atoms with Gasteiger partial charge in [-0.25, -0.2) is 0 Å². The van der Waals surface area contributed by atoms with Gasteiger partial charge in [0.2, 0.25) is 0 Å². The molecular weight excluding hydrogens is 492 g/mol. The van der Waals surface area contributed by atoms with Crippen LogP contribution in [-0.2, 0) is 9.59 Å². The second kappa shape index (κ2) is 10.5. The van der Waals surface area contributed by atoms with Crippen LogP contribution in [0.3, 0.4) is 0 Å². The molecule has 3 aromatic carbocycles. The van der Waals surface area contributed by atoms with E-state index in [9.17, 15) is 14.7 Å². The number of likely N-dealkylation sites (N-methyl/N-ethyl adjacent to an activating group) is 1. The monoisotopic (exact) mass is 526 g/mol. The van der Waals surface area contributed by atoms with E-state index in [0.717, 1.165) is 11.3 Å². The summed E-state index contributed by atoms with van der Waals surface area (Å²) < 4.78 is 11.5. The van der Waals surface area contributed by atoms with Crippen LogP contribution >= 0.6 is 0 Å². The molecule has 1 saturated heterocycles. The number of hydrogen-bond donors (Lipinski definition) is 1. The van der Waals surface area contributed by atoms with E-state index in [4.69, 9.17) is 9.47 Å². The van der Waals surface area contributed by atoms with Gasteiger partial charge in [-0.3, -0.25) is 14.5 Å². The van der Waals surface area contributed by atoms with Gasteiger partial charge < -0.3 is 19.5 Å². The topological polar surface area (TPSA) is 79.3 Å². The highest BCUT2D eigenvalue weighted by atomic mass is 16.5. The second-order valence-electron chi connectivity index (χ2n) is 10.6. The lowest BCUT2D eigenvalue weighted by molar-refractivity contribution is -0.132. The maximum Gasteiger partial charge on any atom is 0.300 e. The third-order valence-corrected chi connectivity index (χ3v) is 7.18. The number of aliphatic hydroxyl groups is 1. The van der Waals surface area contributed by atoms with E-state index in [1.807, 2.05) is 74.3 Å². The number of carbonyl (C=O) groups is 2. The molecule has 0 spiro atoms. The quantitative estimate of drug-likeness (QED) is 0.239. The van der Waals surface area contributed by atoms with E-state index in [1.165, 1.54) is 4.90 Å². The summed E-state index contributed by atoms with van der Waals surface area (Å²) in [4.78, 5) is 30.6. The van der Waals surface area contributed by atoms with E-state index < -0.39 is 17.7 Å². The molecule has 39 heavy (non-hydrogen) atoms. The number of Topliss-reactive ketones (excluding diaryl/α,β-unsaturated/α-hetero) is 1. The Balaban J connectivity index is 1.65. The third kappa shape index (κ3) is 4.97. The fourth-order valence-electron chi connectivity index (χ4n) is 5.09. The molecule has 7 heteroatoms. The number of fused-ring (bicyclic) bond motifs is 1. The molecule has 0 radical (unpaired) electrons. The van der Waals surface area contributed by atoms with Gasteiger partial charge in [0.05, 0.1) is 30.0 Å². The maximum atomic E-state index is 13.6. The Morgan fingerprint density at radius 1 is 0.974 bits per heavy atom. The van der Waals surface area contributed by atoms with Crippen LogP contribution in [0.5, 0.6) is 11.5 Å². The van der Waals surface area contributed by atoms with Crippen molar-refractivity contribution in [1.29, 1.82) is 0 Å². The van der Waals surface area contributed by atoms with E-state index in [-0.39, 0.29) is 17.4 Å². The normalized spacial score (nSPS) is 18.5. The molecule has 0 aliphatic carbocycles. The lowest BCUT2D eigenvalue weighted by Gasteiger charge is -2.28. The van der Waals surface area contributed by atoms with Crippen LogP contribution in [0.4, 0.5) is 11.4 Å². The molecular formula is C32H34N2O5. The average Bonchev–Trinajstić information content (AvgIpc) is 3.18. The van der Waals surface area contributed by atoms with E-state index >= 15 is 0 Å². The standard InChI is InChI=1S/C32H34N2O5/c1-19(2)21-6-11-24(12-7-21)34-29(22-8-13-25(14-9-22)39-20(3)4)28(31(36)32(34)37)30(35)23-10-15-27-26(18-23)33(5)16-17-38-27/h6-15,18-20,29,35H,16-17H2,1-5H3/b30-28-. The van der Waals surface area contributed by atoms with Gasteiger partial charge in [-0.05, 0) is 73.4 Å². The van der Waals surface area contributed by atoms with Crippen molar-refractivity contribution in [2.24, 2.45) is 0 Å². The number of carbonyl (C=O) groups excluding carboxylic acids is 2. The van der Waals surface area contributed by atoms with Gasteiger partial charge in [0.25, 0.3) is 11.7 Å². The number of amides is 1. The number of ether oxygens (including phenoxy) is 2. The number of aliphatic hydroxyl groups excluding tert-OH is 1. The van der Waals surface area contributed by atoms with E-state index in [2.05, 4.69) is 13.8 Å². The summed E-state index contributed by atoms with van der Waals surface area (Å²) in [5.41, 5.74) is 3.72. The predicted octanol–water partition coefficient (Wildman–Crippen LogP) is 6.05. The zero-order chi connectivity index (χ0) is 27.8. The maximum absolute atomic E-state index is 13.6. The fourth-order valence-corrected chi connectivity index (χ4v) is 5.09. The van der Waals surface area contributed by atoms with Crippen molar-refractivity contribution in [3.05, 3.63) is 89.0 Å². The Morgan fingerprint density at radius 3 is 2.31 bits per heavy atom. The minimum absolute atomic E-state index is 0.00655. The van der Waals surface area contributed by atoms with E-state index in [1.54, 1.807) is 18.2 Å². The zero-order valence-electron chi connectivity index (χ0n) is 23.0. The minimum Gasteiger partial charge on any atom is -0.507 e. The third-order valence-electron chi connectivity index (χ3n) is 7.18. The molecule has 202 valence electrons. The summed E-state index contributed by atoms with van der Waals surface area (Å²) in [5, 5.41) is 11.6. The number of benzene rings is 3. The largest absolute Gasteiger partial charge is 0.507 e. The number of hydrogen-bond acceptors (Lipinski definition) is 6. The molecule has 5 rings (SSSR count). The highest BCUT2D eigenvalue weighted by Crippen LogP contribution is 2.43. The smallest absolute Gasteiger partial charge is 0.300 e. The minimum atomic E-state index is -0.812. The van der Waals surface area contributed by atoms with Crippen LogP contribution in [0.15, 0.2) is 72.3 Å². The summed E-state index contributed by atoms with van der Waals surface area (Å²) in [6, 6.07) is 19.5. The van der Waals surface area contributed by atoms with Crippen molar-refractivity contribution < 1.29 is 24.2 Å². The Kier molecular flexibility index (Phi) is 7.08. The van der Waals surface area contributed by atoms with Crippen molar-refractivity contribution in [3.8, 4) is 11.5 Å². The van der Waals surface area contributed by atoms with Crippen LogP contribution in [-0.4, -0.2) is 43.1 Å². The zero-order valence-corrected chi connectivity index (χ0v) is 23.0. The first-order valence-corrected chi connectivity index (χ1v) is 13.3. The first kappa shape index (κ1) is 26.4. The lowest BCUT2D eigenvalue weighted by Crippen LogP contribution is -2.29.